The predicted molar refractivity (Wildman–Crippen MR) is 69.5 cm³/mol. The number of benzene rings is 2. The van der Waals surface area contributed by atoms with Gasteiger partial charge in [0.15, 0.2) is 0 Å². The second kappa shape index (κ2) is 4.72. The molecule has 0 spiro atoms. The monoisotopic (exact) mass is 222 g/mol. The van der Waals surface area contributed by atoms with Crippen molar-refractivity contribution in [1.82, 2.24) is 4.90 Å². The van der Waals surface area contributed by atoms with Gasteiger partial charge in [0.05, 0.1) is 0 Å². The minimum Gasteiger partial charge on any atom is -0.294 e. The SMILES string of the molecule is [c]1ccc2c(c1)CN(Cc1ccccc1)CC2. The molecule has 0 bridgehead atoms. The van der Waals surface area contributed by atoms with E-state index in [0.717, 1.165) is 26.1 Å². The highest BCUT2D eigenvalue weighted by Gasteiger charge is 2.15. The predicted octanol–water partition coefficient (Wildman–Crippen LogP) is 3.05. The third-order valence-corrected chi connectivity index (χ3v) is 3.39. The fraction of sp³-hybridized carbons (Fsp3) is 0.250. The highest BCUT2D eigenvalue weighted by Crippen LogP contribution is 2.19. The van der Waals surface area contributed by atoms with Crippen LogP contribution in [0.2, 0.25) is 0 Å². The van der Waals surface area contributed by atoms with E-state index in [1.165, 1.54) is 16.7 Å². The molecule has 1 radical (unpaired) electrons. The van der Waals surface area contributed by atoms with Gasteiger partial charge in [0, 0.05) is 19.6 Å². The van der Waals surface area contributed by atoms with Gasteiger partial charge in [-0.2, -0.15) is 0 Å². The standard InChI is InChI=1S/C16H16N/c1-2-6-14(7-3-1)12-17-11-10-15-8-4-5-9-16(15)13-17/h1-4,6-9H,10-13H2. The molecule has 0 N–H and O–H groups in total. The number of fused-ring (bicyclic) bond motifs is 1. The van der Waals surface area contributed by atoms with Gasteiger partial charge in [-0.3, -0.25) is 4.90 Å². The van der Waals surface area contributed by atoms with Crippen molar-refractivity contribution in [3.8, 4) is 0 Å². The lowest BCUT2D eigenvalue weighted by Crippen LogP contribution is -2.29. The maximum absolute atomic E-state index is 3.18. The van der Waals surface area contributed by atoms with E-state index in [0.29, 0.717) is 0 Å². The molecule has 85 valence electrons. The molecule has 0 aliphatic carbocycles. The summed E-state index contributed by atoms with van der Waals surface area (Å²) in [5.74, 6) is 0. The van der Waals surface area contributed by atoms with E-state index in [2.05, 4.69) is 53.4 Å². The van der Waals surface area contributed by atoms with Gasteiger partial charge in [-0.1, -0.05) is 42.5 Å². The number of hydrogen-bond donors (Lipinski definition) is 0. The average molecular weight is 222 g/mol. The van der Waals surface area contributed by atoms with Crippen LogP contribution in [0.1, 0.15) is 16.7 Å². The van der Waals surface area contributed by atoms with E-state index in [9.17, 15) is 0 Å². The Morgan fingerprint density at radius 2 is 1.94 bits per heavy atom. The summed E-state index contributed by atoms with van der Waals surface area (Å²) in [7, 11) is 0. The Labute approximate surface area is 103 Å². The van der Waals surface area contributed by atoms with E-state index < -0.39 is 0 Å². The third-order valence-electron chi connectivity index (χ3n) is 3.39. The quantitative estimate of drug-likeness (QED) is 0.755. The molecule has 2 aromatic carbocycles. The van der Waals surface area contributed by atoms with E-state index in [-0.39, 0.29) is 0 Å². The van der Waals surface area contributed by atoms with Crippen LogP contribution >= 0.6 is 0 Å². The normalized spacial score (nSPS) is 15.5. The number of rotatable bonds is 2. The third kappa shape index (κ3) is 2.40. The van der Waals surface area contributed by atoms with Gasteiger partial charge < -0.3 is 0 Å². The summed E-state index contributed by atoms with van der Waals surface area (Å²) in [4.78, 5) is 2.51. The average Bonchev–Trinajstić information content (AvgIpc) is 2.40. The molecule has 0 atom stereocenters. The lowest BCUT2D eigenvalue weighted by atomic mass is 9.99. The highest BCUT2D eigenvalue weighted by molar-refractivity contribution is 5.28. The van der Waals surface area contributed by atoms with Crippen LogP contribution < -0.4 is 0 Å². The molecule has 1 nitrogen and oxygen atoms in total. The summed E-state index contributed by atoms with van der Waals surface area (Å²) in [6, 6.07) is 20.2. The molecule has 1 heteroatoms. The molecule has 3 rings (SSSR count). The molecule has 1 aliphatic rings. The van der Waals surface area contributed by atoms with Crippen LogP contribution in [0.15, 0.2) is 48.5 Å². The minimum absolute atomic E-state index is 1.05. The zero-order valence-corrected chi connectivity index (χ0v) is 9.89. The van der Waals surface area contributed by atoms with E-state index in [1.807, 2.05) is 6.07 Å². The summed E-state index contributed by atoms with van der Waals surface area (Å²) < 4.78 is 0. The van der Waals surface area contributed by atoms with Crippen LogP contribution in [0.3, 0.4) is 0 Å². The summed E-state index contributed by atoms with van der Waals surface area (Å²) in [5.41, 5.74) is 4.33. The first kappa shape index (κ1) is 10.5. The zero-order chi connectivity index (χ0) is 11.5. The molecular weight excluding hydrogens is 206 g/mol. The van der Waals surface area contributed by atoms with Crippen molar-refractivity contribution < 1.29 is 0 Å². The smallest absolute Gasteiger partial charge is 0.0240 e. The van der Waals surface area contributed by atoms with Crippen molar-refractivity contribution in [1.29, 1.82) is 0 Å². The lowest BCUT2D eigenvalue weighted by Gasteiger charge is -2.28. The van der Waals surface area contributed by atoms with Gasteiger partial charge >= 0.3 is 0 Å². The molecule has 0 aromatic heterocycles. The molecule has 0 saturated heterocycles. The Morgan fingerprint density at radius 1 is 1.06 bits per heavy atom. The van der Waals surface area contributed by atoms with Crippen LogP contribution in [0.4, 0.5) is 0 Å². The summed E-state index contributed by atoms with van der Waals surface area (Å²) in [6.45, 7) is 3.27. The molecule has 1 aliphatic heterocycles. The minimum atomic E-state index is 1.05. The molecule has 17 heavy (non-hydrogen) atoms. The fourth-order valence-corrected chi connectivity index (χ4v) is 2.46. The lowest BCUT2D eigenvalue weighted by molar-refractivity contribution is 0.245. The van der Waals surface area contributed by atoms with Crippen molar-refractivity contribution in [3.05, 3.63) is 71.3 Å². The molecule has 1 heterocycles. The van der Waals surface area contributed by atoms with Crippen molar-refractivity contribution in [2.45, 2.75) is 19.5 Å². The van der Waals surface area contributed by atoms with Gasteiger partial charge in [-0.25, -0.2) is 0 Å². The highest BCUT2D eigenvalue weighted by atomic mass is 15.1. The van der Waals surface area contributed by atoms with Crippen LogP contribution in [0, 0.1) is 6.07 Å². The van der Waals surface area contributed by atoms with Crippen molar-refractivity contribution in [2.24, 2.45) is 0 Å². The van der Waals surface area contributed by atoms with E-state index in [1.54, 1.807) is 0 Å². The topological polar surface area (TPSA) is 3.24 Å². The molecule has 0 amide bonds. The first-order valence-corrected chi connectivity index (χ1v) is 6.16. The van der Waals surface area contributed by atoms with Crippen LogP contribution in [-0.4, -0.2) is 11.4 Å². The molecule has 0 saturated carbocycles. The second-order valence-corrected chi connectivity index (χ2v) is 4.64. The Kier molecular flexibility index (Phi) is 2.93. The summed E-state index contributed by atoms with van der Waals surface area (Å²) in [5, 5.41) is 0. The van der Waals surface area contributed by atoms with Gasteiger partial charge in [-0.15, -0.1) is 0 Å². The maximum atomic E-state index is 3.18. The fourth-order valence-electron chi connectivity index (χ4n) is 2.46. The van der Waals surface area contributed by atoms with Crippen molar-refractivity contribution in [3.63, 3.8) is 0 Å². The molecular formula is C16H16N. The molecule has 2 aromatic rings. The van der Waals surface area contributed by atoms with Crippen molar-refractivity contribution >= 4 is 0 Å². The van der Waals surface area contributed by atoms with Gasteiger partial charge in [0.1, 0.15) is 0 Å². The zero-order valence-electron chi connectivity index (χ0n) is 9.89. The first-order chi connectivity index (χ1) is 8.42. The van der Waals surface area contributed by atoms with E-state index >= 15 is 0 Å². The Morgan fingerprint density at radius 3 is 2.82 bits per heavy atom. The van der Waals surface area contributed by atoms with E-state index in [4.69, 9.17) is 0 Å². The van der Waals surface area contributed by atoms with Crippen LogP contribution in [0.5, 0.6) is 0 Å². The molecule has 0 unspecified atom stereocenters. The van der Waals surface area contributed by atoms with Crippen molar-refractivity contribution in [2.75, 3.05) is 6.54 Å². The van der Waals surface area contributed by atoms with Gasteiger partial charge in [0.25, 0.3) is 0 Å². The molecule has 0 fully saturated rings. The summed E-state index contributed by atoms with van der Waals surface area (Å²) >= 11 is 0. The Balaban J connectivity index is 1.72. The Bertz CT molecular complexity index is 490. The number of hydrogen-bond acceptors (Lipinski definition) is 1. The van der Waals surface area contributed by atoms with Crippen LogP contribution in [0.25, 0.3) is 0 Å². The van der Waals surface area contributed by atoms with Gasteiger partial charge in [0.2, 0.25) is 0 Å². The first-order valence-electron chi connectivity index (χ1n) is 6.16. The van der Waals surface area contributed by atoms with Gasteiger partial charge in [-0.05, 0) is 35.2 Å². The maximum Gasteiger partial charge on any atom is 0.0240 e. The van der Waals surface area contributed by atoms with Crippen LogP contribution in [-0.2, 0) is 19.5 Å². The summed E-state index contributed by atoms with van der Waals surface area (Å²) in [6.07, 6.45) is 1.16. The number of nitrogens with zero attached hydrogens (tertiary/aromatic N) is 1. The Hall–Kier alpha value is -1.60. The second-order valence-electron chi connectivity index (χ2n) is 4.64. The largest absolute Gasteiger partial charge is 0.294 e.